The molecule has 2 aromatic carbocycles. The van der Waals surface area contributed by atoms with Crippen molar-refractivity contribution in [2.24, 2.45) is 0 Å². The molecule has 6 nitrogen and oxygen atoms in total. The van der Waals surface area contributed by atoms with Crippen molar-refractivity contribution in [1.29, 1.82) is 0 Å². The normalized spacial score (nSPS) is 10.8. The number of carbonyl (C=O) groups excluding carboxylic acids is 1. The number of benzene rings is 2. The first-order valence-electron chi connectivity index (χ1n) is 8.99. The molecule has 0 radical (unpaired) electrons. The van der Waals surface area contributed by atoms with E-state index in [0.717, 1.165) is 17.1 Å². The van der Waals surface area contributed by atoms with Gasteiger partial charge in [-0.25, -0.2) is 4.68 Å². The third-order valence-electron chi connectivity index (χ3n) is 4.16. The van der Waals surface area contributed by atoms with E-state index in [4.69, 9.17) is 11.6 Å². The number of para-hydroxylation sites is 1. The van der Waals surface area contributed by atoms with Gasteiger partial charge in [0.05, 0.1) is 5.75 Å². The molecule has 2 heterocycles. The smallest absolute Gasteiger partial charge is 0.234 e. The molecule has 0 unspecified atom stereocenters. The number of nitrogens with zero attached hydrogens (tertiary/aromatic N) is 4. The van der Waals surface area contributed by atoms with E-state index >= 15 is 0 Å². The Hall–Kier alpha value is -3.03. The molecule has 0 atom stereocenters. The zero-order valence-electron chi connectivity index (χ0n) is 15.4. The summed E-state index contributed by atoms with van der Waals surface area (Å²) in [6.07, 6.45) is 4.44. The van der Waals surface area contributed by atoms with Crippen LogP contribution in [0.1, 0.15) is 11.4 Å². The molecule has 1 N–H and O–H groups in total. The Bertz CT molecular complexity index is 1080. The summed E-state index contributed by atoms with van der Waals surface area (Å²) in [6.45, 7) is 0. The van der Waals surface area contributed by atoms with Gasteiger partial charge in [-0.2, -0.15) is 0 Å². The van der Waals surface area contributed by atoms with Crippen LogP contribution in [0.2, 0.25) is 5.02 Å². The van der Waals surface area contributed by atoms with Crippen molar-refractivity contribution in [3.05, 3.63) is 95.5 Å². The summed E-state index contributed by atoms with van der Waals surface area (Å²) in [5.41, 5.74) is 1.85. The molecular weight excluding hydrogens is 406 g/mol. The minimum absolute atomic E-state index is 0.0949. The van der Waals surface area contributed by atoms with Gasteiger partial charge in [-0.3, -0.25) is 9.47 Å². The number of rotatable bonds is 7. The SMILES string of the molecule is O=C(CSc1nnc(Cc2ccc(Cl)cc2)n1-n1cccc1)Nc1ccccc1. The lowest BCUT2D eigenvalue weighted by atomic mass is 10.1. The molecule has 0 aliphatic heterocycles. The molecule has 146 valence electrons. The third-order valence-corrected chi connectivity index (χ3v) is 5.33. The van der Waals surface area contributed by atoms with Crippen LogP contribution in [0, 0.1) is 0 Å². The Morgan fingerprint density at radius 2 is 1.69 bits per heavy atom. The number of nitrogens with one attached hydrogen (secondary N) is 1. The van der Waals surface area contributed by atoms with Crippen LogP contribution < -0.4 is 5.32 Å². The van der Waals surface area contributed by atoms with Gasteiger partial charge >= 0.3 is 0 Å². The van der Waals surface area contributed by atoms with Gasteiger partial charge in [-0.05, 0) is 42.0 Å². The predicted molar refractivity (Wildman–Crippen MR) is 115 cm³/mol. The predicted octanol–water partition coefficient (Wildman–Crippen LogP) is 4.37. The average Bonchev–Trinajstić information content (AvgIpc) is 3.38. The fourth-order valence-corrected chi connectivity index (χ4v) is 3.70. The van der Waals surface area contributed by atoms with Crippen molar-refractivity contribution < 1.29 is 4.79 Å². The monoisotopic (exact) mass is 423 g/mol. The standard InChI is InChI=1S/C21H18ClN5OS/c22-17-10-8-16(9-11-17)14-19-24-25-21(27(19)26-12-4-5-13-26)29-15-20(28)23-18-6-2-1-3-7-18/h1-13H,14-15H2,(H,23,28). The number of hydrogen-bond donors (Lipinski definition) is 1. The lowest BCUT2D eigenvalue weighted by Crippen LogP contribution is -2.16. The summed E-state index contributed by atoms with van der Waals surface area (Å²) < 4.78 is 3.82. The first-order valence-corrected chi connectivity index (χ1v) is 10.4. The second kappa shape index (κ2) is 8.98. The summed E-state index contributed by atoms with van der Waals surface area (Å²) in [7, 11) is 0. The molecule has 0 saturated heterocycles. The van der Waals surface area contributed by atoms with Gasteiger partial charge in [-0.15, -0.1) is 10.2 Å². The Labute approximate surface area is 177 Å². The van der Waals surface area contributed by atoms with Gasteiger partial charge in [0.2, 0.25) is 11.1 Å². The summed E-state index contributed by atoms with van der Waals surface area (Å²) in [6, 6.07) is 20.9. The number of anilines is 1. The average molecular weight is 424 g/mol. The lowest BCUT2D eigenvalue weighted by Gasteiger charge is -2.11. The summed E-state index contributed by atoms with van der Waals surface area (Å²) >= 11 is 7.32. The topological polar surface area (TPSA) is 64.7 Å². The van der Waals surface area contributed by atoms with E-state index in [1.54, 1.807) is 0 Å². The third kappa shape index (κ3) is 4.88. The molecule has 4 rings (SSSR count). The molecule has 0 saturated carbocycles. The van der Waals surface area contributed by atoms with E-state index in [9.17, 15) is 4.79 Å². The number of hydrogen-bond acceptors (Lipinski definition) is 4. The fraction of sp³-hybridized carbons (Fsp3) is 0.0952. The van der Waals surface area contributed by atoms with Gasteiger partial charge in [0, 0.05) is 29.5 Å². The minimum atomic E-state index is -0.0949. The number of aromatic nitrogens is 4. The highest BCUT2D eigenvalue weighted by molar-refractivity contribution is 7.99. The van der Waals surface area contributed by atoms with E-state index in [0.29, 0.717) is 16.6 Å². The van der Waals surface area contributed by atoms with Gasteiger partial charge in [0.25, 0.3) is 0 Å². The number of amides is 1. The van der Waals surface area contributed by atoms with E-state index in [-0.39, 0.29) is 11.7 Å². The summed E-state index contributed by atoms with van der Waals surface area (Å²) in [5, 5.41) is 12.9. The molecule has 2 aromatic heterocycles. The molecular formula is C21H18ClN5OS. The second-order valence-electron chi connectivity index (χ2n) is 6.28. The van der Waals surface area contributed by atoms with Crippen molar-refractivity contribution in [1.82, 2.24) is 19.5 Å². The van der Waals surface area contributed by atoms with Crippen LogP contribution in [0.25, 0.3) is 0 Å². The summed E-state index contributed by atoms with van der Waals surface area (Å²) in [4.78, 5) is 12.3. The molecule has 29 heavy (non-hydrogen) atoms. The zero-order chi connectivity index (χ0) is 20.1. The molecule has 0 fully saturated rings. The van der Waals surface area contributed by atoms with E-state index in [1.807, 2.05) is 88.5 Å². The molecule has 0 spiro atoms. The molecule has 0 aliphatic rings. The van der Waals surface area contributed by atoms with Gasteiger partial charge in [0.1, 0.15) is 0 Å². The zero-order valence-corrected chi connectivity index (χ0v) is 17.0. The first-order chi connectivity index (χ1) is 14.2. The molecule has 4 aromatic rings. The Morgan fingerprint density at radius 3 is 2.41 bits per heavy atom. The second-order valence-corrected chi connectivity index (χ2v) is 7.66. The summed E-state index contributed by atoms with van der Waals surface area (Å²) in [5.74, 6) is 0.909. The van der Waals surface area contributed by atoms with Crippen molar-refractivity contribution in [3.63, 3.8) is 0 Å². The molecule has 0 aliphatic carbocycles. The minimum Gasteiger partial charge on any atom is -0.325 e. The van der Waals surface area contributed by atoms with E-state index < -0.39 is 0 Å². The Balaban J connectivity index is 1.51. The van der Waals surface area contributed by atoms with Gasteiger partial charge in [-0.1, -0.05) is 53.7 Å². The van der Waals surface area contributed by atoms with Gasteiger partial charge < -0.3 is 5.32 Å². The number of thioether (sulfide) groups is 1. The number of carbonyl (C=O) groups is 1. The molecule has 8 heteroatoms. The first kappa shape index (κ1) is 19.3. The van der Waals surface area contributed by atoms with Crippen LogP contribution in [0.3, 0.4) is 0 Å². The Morgan fingerprint density at radius 1 is 0.966 bits per heavy atom. The molecule has 1 amide bonds. The van der Waals surface area contributed by atoms with Crippen LogP contribution in [0.4, 0.5) is 5.69 Å². The fourth-order valence-electron chi connectivity index (χ4n) is 2.82. The largest absolute Gasteiger partial charge is 0.325 e. The van der Waals surface area contributed by atoms with Crippen molar-refractivity contribution in [3.8, 4) is 0 Å². The highest BCUT2D eigenvalue weighted by atomic mass is 35.5. The van der Waals surface area contributed by atoms with Crippen LogP contribution in [-0.4, -0.2) is 31.2 Å². The van der Waals surface area contributed by atoms with Crippen molar-refractivity contribution >= 4 is 35.0 Å². The van der Waals surface area contributed by atoms with Crippen LogP contribution >= 0.6 is 23.4 Å². The number of halogens is 1. The highest BCUT2D eigenvalue weighted by Gasteiger charge is 2.16. The van der Waals surface area contributed by atoms with Crippen molar-refractivity contribution in [2.75, 3.05) is 11.1 Å². The molecule has 0 bridgehead atoms. The Kier molecular flexibility index (Phi) is 5.97. The highest BCUT2D eigenvalue weighted by Crippen LogP contribution is 2.20. The van der Waals surface area contributed by atoms with Gasteiger partial charge in [0.15, 0.2) is 5.82 Å². The van der Waals surface area contributed by atoms with E-state index in [1.165, 1.54) is 11.8 Å². The maximum absolute atomic E-state index is 12.3. The van der Waals surface area contributed by atoms with E-state index in [2.05, 4.69) is 15.5 Å². The van der Waals surface area contributed by atoms with Crippen molar-refractivity contribution in [2.45, 2.75) is 11.6 Å². The quantitative estimate of drug-likeness (QED) is 0.448. The van der Waals surface area contributed by atoms with Crippen LogP contribution in [-0.2, 0) is 11.2 Å². The van der Waals surface area contributed by atoms with Crippen LogP contribution in [0.15, 0.2) is 84.3 Å². The lowest BCUT2D eigenvalue weighted by molar-refractivity contribution is -0.113. The maximum Gasteiger partial charge on any atom is 0.234 e. The maximum atomic E-state index is 12.3. The van der Waals surface area contributed by atoms with Crippen LogP contribution in [0.5, 0.6) is 0 Å².